The number of hydrogen-bond acceptors (Lipinski definition) is 6. The second-order valence-corrected chi connectivity index (χ2v) is 8.29. The first-order valence-corrected chi connectivity index (χ1v) is 11.6. The first kappa shape index (κ1) is 30.3. The van der Waals surface area contributed by atoms with Crippen molar-refractivity contribution in [1.29, 1.82) is 5.41 Å². The number of halogens is 2. The van der Waals surface area contributed by atoms with Gasteiger partial charge in [-0.25, -0.2) is 9.97 Å². The third-order valence-electron chi connectivity index (χ3n) is 5.89. The van der Waals surface area contributed by atoms with Gasteiger partial charge in [0.2, 0.25) is 0 Å². The highest BCUT2D eigenvalue weighted by atomic mass is 35.5. The molecule has 4 rings (SSSR count). The second-order valence-electron chi connectivity index (χ2n) is 8.29. The summed E-state index contributed by atoms with van der Waals surface area (Å²) in [5.41, 5.74) is 9.35. The fourth-order valence-electron chi connectivity index (χ4n) is 3.98. The molecular formula is C27H30Cl2N6O3. The Kier molecular flexibility index (Phi) is 10.8. The molecule has 2 heterocycles. The number of nitrogen functional groups attached to an aromatic ring is 1. The summed E-state index contributed by atoms with van der Waals surface area (Å²) in [4.78, 5) is 35.9. The molecule has 0 saturated heterocycles. The smallest absolute Gasteiger partial charge is 0.326 e. The molecule has 1 amide bonds. The van der Waals surface area contributed by atoms with E-state index in [0.717, 1.165) is 23.3 Å². The molecule has 0 aliphatic heterocycles. The Morgan fingerprint density at radius 1 is 1.03 bits per heavy atom. The quantitative estimate of drug-likeness (QED) is 0.181. The van der Waals surface area contributed by atoms with Crippen LogP contribution < -0.4 is 10.6 Å². The van der Waals surface area contributed by atoms with Crippen LogP contribution in [0.1, 0.15) is 34.2 Å². The number of hydrogen-bond donors (Lipinski definition) is 2. The van der Waals surface area contributed by atoms with E-state index in [1.807, 2.05) is 41.9 Å². The van der Waals surface area contributed by atoms with Crippen LogP contribution in [0.25, 0.3) is 11.0 Å². The Morgan fingerprint density at radius 2 is 1.74 bits per heavy atom. The van der Waals surface area contributed by atoms with Gasteiger partial charge in [-0.2, -0.15) is 0 Å². The van der Waals surface area contributed by atoms with E-state index >= 15 is 0 Å². The van der Waals surface area contributed by atoms with Crippen molar-refractivity contribution in [3.8, 4) is 0 Å². The van der Waals surface area contributed by atoms with Gasteiger partial charge in [0.25, 0.3) is 5.91 Å². The first-order chi connectivity index (χ1) is 17.4. The molecule has 38 heavy (non-hydrogen) atoms. The fraction of sp³-hybridized carbons (Fsp3) is 0.222. The van der Waals surface area contributed by atoms with E-state index < -0.39 is 5.97 Å². The average molecular weight is 557 g/mol. The number of ether oxygens (including phenoxy) is 1. The topological polar surface area (TPSA) is 127 Å². The standard InChI is InChI=1S/C27H28N6O3.2ClH/c1-3-36-25(34)17-33(23-6-4-5-15-30-23)27(35)20-12-13-22-21(16-20)31-24(32(22)2)14-9-18-7-10-19(11-8-18)26(28)29;;/h4-8,10-13,15-16H,3,9,14,17H2,1-2H3,(H3,28,29);2*1H. The maximum Gasteiger partial charge on any atom is 0.326 e. The monoisotopic (exact) mass is 556 g/mol. The number of benzene rings is 2. The van der Waals surface area contributed by atoms with E-state index in [0.29, 0.717) is 28.9 Å². The highest BCUT2D eigenvalue weighted by molar-refractivity contribution is 6.09. The number of carbonyl (C=O) groups excluding carboxylic acids is 2. The number of fused-ring (bicyclic) bond motifs is 1. The van der Waals surface area contributed by atoms with Crippen molar-refractivity contribution in [3.63, 3.8) is 0 Å². The summed E-state index contributed by atoms with van der Waals surface area (Å²) in [5, 5.41) is 7.52. The lowest BCUT2D eigenvalue weighted by molar-refractivity contribution is -0.141. The fourth-order valence-corrected chi connectivity index (χ4v) is 3.98. The number of amidine groups is 1. The molecule has 0 spiro atoms. The molecule has 3 N–H and O–H groups in total. The molecule has 0 aliphatic rings. The molecule has 0 fully saturated rings. The van der Waals surface area contributed by atoms with Crippen molar-refractivity contribution < 1.29 is 14.3 Å². The predicted octanol–water partition coefficient (Wildman–Crippen LogP) is 4.09. The molecule has 0 bridgehead atoms. The minimum atomic E-state index is -0.506. The average Bonchev–Trinajstić information content (AvgIpc) is 3.21. The molecule has 0 aliphatic carbocycles. The van der Waals surface area contributed by atoms with Gasteiger partial charge in [-0.3, -0.25) is 19.9 Å². The Hall–Kier alpha value is -3.95. The van der Waals surface area contributed by atoms with Crippen molar-refractivity contribution >= 4 is 59.4 Å². The number of aromatic nitrogens is 3. The van der Waals surface area contributed by atoms with Crippen LogP contribution in [0.3, 0.4) is 0 Å². The zero-order chi connectivity index (χ0) is 25.7. The van der Waals surface area contributed by atoms with Gasteiger partial charge in [0.05, 0.1) is 17.6 Å². The molecule has 9 nitrogen and oxygen atoms in total. The Bertz CT molecular complexity index is 1410. The van der Waals surface area contributed by atoms with Gasteiger partial charge in [-0.15, -0.1) is 24.8 Å². The van der Waals surface area contributed by atoms with E-state index in [-0.39, 0.29) is 49.7 Å². The lowest BCUT2D eigenvalue weighted by Gasteiger charge is -2.20. The van der Waals surface area contributed by atoms with E-state index in [2.05, 4.69) is 4.98 Å². The zero-order valence-corrected chi connectivity index (χ0v) is 22.7. The lowest BCUT2D eigenvalue weighted by atomic mass is 10.1. The highest BCUT2D eigenvalue weighted by Crippen LogP contribution is 2.21. The van der Waals surface area contributed by atoms with Crippen molar-refractivity contribution in [3.05, 3.63) is 89.4 Å². The highest BCUT2D eigenvalue weighted by Gasteiger charge is 2.23. The van der Waals surface area contributed by atoms with Gasteiger partial charge in [0.1, 0.15) is 24.0 Å². The van der Waals surface area contributed by atoms with Crippen molar-refractivity contribution in [2.45, 2.75) is 19.8 Å². The number of amides is 1. The SMILES string of the molecule is CCOC(=O)CN(C(=O)c1ccc2c(c1)nc(CCc1ccc(C(=N)N)cc1)n2C)c1ccccn1.Cl.Cl. The molecule has 11 heteroatoms. The van der Waals surface area contributed by atoms with Crippen LogP contribution in [0.2, 0.25) is 0 Å². The number of nitrogens with two attached hydrogens (primary N) is 1. The molecule has 2 aromatic heterocycles. The van der Waals surface area contributed by atoms with Crippen LogP contribution in [-0.2, 0) is 29.4 Å². The maximum atomic E-state index is 13.4. The zero-order valence-electron chi connectivity index (χ0n) is 21.1. The normalized spacial score (nSPS) is 10.3. The number of esters is 1. The van der Waals surface area contributed by atoms with E-state index in [4.69, 9.17) is 20.9 Å². The van der Waals surface area contributed by atoms with Gasteiger partial charge in [-0.1, -0.05) is 30.3 Å². The number of imidazole rings is 1. The van der Waals surface area contributed by atoms with Crippen LogP contribution in [0.5, 0.6) is 0 Å². The molecule has 0 unspecified atom stereocenters. The van der Waals surface area contributed by atoms with E-state index in [9.17, 15) is 9.59 Å². The van der Waals surface area contributed by atoms with Gasteiger partial charge in [0, 0.05) is 30.8 Å². The molecule has 0 atom stereocenters. The molecule has 4 aromatic rings. The van der Waals surface area contributed by atoms with Crippen molar-refractivity contribution in [2.24, 2.45) is 12.8 Å². The maximum absolute atomic E-state index is 13.4. The number of carbonyl (C=O) groups is 2. The van der Waals surface area contributed by atoms with Gasteiger partial charge < -0.3 is 15.0 Å². The number of nitrogens with zero attached hydrogens (tertiary/aromatic N) is 4. The summed E-state index contributed by atoms with van der Waals surface area (Å²) in [6.07, 6.45) is 3.05. The minimum absolute atomic E-state index is 0. The van der Waals surface area contributed by atoms with Crippen LogP contribution in [0, 0.1) is 5.41 Å². The summed E-state index contributed by atoms with van der Waals surface area (Å²) in [6.45, 7) is 1.71. The van der Waals surface area contributed by atoms with Gasteiger partial charge >= 0.3 is 5.97 Å². The number of rotatable bonds is 9. The largest absolute Gasteiger partial charge is 0.465 e. The first-order valence-electron chi connectivity index (χ1n) is 11.6. The predicted molar refractivity (Wildman–Crippen MR) is 153 cm³/mol. The van der Waals surface area contributed by atoms with Crippen LogP contribution in [-0.4, -0.2) is 45.4 Å². The molecule has 2 aromatic carbocycles. The van der Waals surface area contributed by atoms with Gasteiger partial charge in [0.15, 0.2) is 0 Å². The summed E-state index contributed by atoms with van der Waals surface area (Å²) in [7, 11) is 1.95. The van der Waals surface area contributed by atoms with Crippen molar-refractivity contribution in [1.82, 2.24) is 14.5 Å². The summed E-state index contributed by atoms with van der Waals surface area (Å²) >= 11 is 0. The van der Waals surface area contributed by atoms with Crippen LogP contribution >= 0.6 is 24.8 Å². The number of nitrogens with one attached hydrogen (secondary N) is 1. The molecule has 0 radical (unpaired) electrons. The number of pyridine rings is 1. The lowest BCUT2D eigenvalue weighted by Crippen LogP contribution is -2.37. The van der Waals surface area contributed by atoms with E-state index in [1.165, 1.54) is 4.90 Å². The summed E-state index contributed by atoms with van der Waals surface area (Å²) in [5.74, 6) is 0.438. The molecule has 0 saturated carbocycles. The Balaban J connectivity index is 0.00000253. The third-order valence-corrected chi connectivity index (χ3v) is 5.89. The molecule has 200 valence electrons. The van der Waals surface area contributed by atoms with Gasteiger partial charge in [-0.05, 0) is 49.2 Å². The summed E-state index contributed by atoms with van der Waals surface area (Å²) < 4.78 is 7.07. The minimum Gasteiger partial charge on any atom is -0.465 e. The number of anilines is 1. The third kappa shape index (κ3) is 6.87. The Labute approximate surface area is 233 Å². The van der Waals surface area contributed by atoms with E-state index in [1.54, 1.807) is 43.5 Å². The number of aryl methyl sites for hydroxylation is 3. The van der Waals surface area contributed by atoms with Crippen LogP contribution in [0.4, 0.5) is 5.82 Å². The van der Waals surface area contributed by atoms with Crippen molar-refractivity contribution in [2.75, 3.05) is 18.1 Å². The van der Waals surface area contributed by atoms with Crippen LogP contribution in [0.15, 0.2) is 66.9 Å². The Morgan fingerprint density at radius 3 is 2.37 bits per heavy atom. The molecular weight excluding hydrogens is 527 g/mol. The summed E-state index contributed by atoms with van der Waals surface area (Å²) in [6, 6.07) is 18.1. The second kappa shape index (κ2) is 13.6.